The van der Waals surface area contributed by atoms with Gasteiger partial charge in [-0.3, -0.25) is 14.7 Å². The van der Waals surface area contributed by atoms with Crippen molar-refractivity contribution >= 4 is 34.6 Å². The standard InChI is InChI=1S/C18H16ClF3N4O2/c1-17(28,11-5-3-2-4-6-11)9-14(27)25-16-23-12-7-8-13(19)24-15(12)26(16)10-18(20,21)22/h2-8,28H,9-10H2,1H3,(H,23,25,27)/t17-/m0/s1. The van der Waals surface area contributed by atoms with Crippen LogP contribution in [-0.2, 0) is 16.9 Å². The molecule has 0 fully saturated rings. The van der Waals surface area contributed by atoms with Crippen LogP contribution in [-0.4, -0.2) is 31.7 Å². The molecule has 3 rings (SSSR count). The van der Waals surface area contributed by atoms with Gasteiger partial charge in [0.1, 0.15) is 17.2 Å². The van der Waals surface area contributed by atoms with Gasteiger partial charge in [0.2, 0.25) is 11.9 Å². The van der Waals surface area contributed by atoms with E-state index in [2.05, 4.69) is 15.3 Å². The summed E-state index contributed by atoms with van der Waals surface area (Å²) in [5.74, 6) is -1.02. The highest BCUT2D eigenvalue weighted by molar-refractivity contribution is 6.29. The van der Waals surface area contributed by atoms with Crippen LogP contribution in [0.25, 0.3) is 11.2 Å². The van der Waals surface area contributed by atoms with E-state index in [4.69, 9.17) is 11.6 Å². The highest BCUT2D eigenvalue weighted by Crippen LogP contribution is 2.28. The number of anilines is 1. The molecule has 0 aliphatic carbocycles. The Morgan fingerprint density at radius 1 is 1.18 bits per heavy atom. The molecule has 0 bridgehead atoms. The Balaban J connectivity index is 1.89. The van der Waals surface area contributed by atoms with E-state index in [1.54, 1.807) is 30.3 Å². The van der Waals surface area contributed by atoms with Crippen LogP contribution in [0.2, 0.25) is 5.15 Å². The molecule has 2 heterocycles. The normalized spacial score (nSPS) is 14.1. The molecule has 6 nitrogen and oxygen atoms in total. The molecule has 2 aromatic heterocycles. The Morgan fingerprint density at radius 2 is 1.86 bits per heavy atom. The third-order valence-corrected chi connectivity index (χ3v) is 4.26. The van der Waals surface area contributed by atoms with Crippen LogP contribution in [0.5, 0.6) is 0 Å². The second kappa shape index (κ2) is 7.40. The third kappa shape index (κ3) is 4.60. The molecule has 148 valence electrons. The van der Waals surface area contributed by atoms with Gasteiger partial charge in [-0.05, 0) is 24.6 Å². The number of amides is 1. The number of benzene rings is 1. The number of rotatable bonds is 5. The second-order valence-electron chi connectivity index (χ2n) is 6.48. The maximum Gasteiger partial charge on any atom is 0.406 e. The molecule has 0 saturated heterocycles. The number of imidazole rings is 1. The van der Waals surface area contributed by atoms with Crippen molar-refractivity contribution in [2.24, 2.45) is 0 Å². The van der Waals surface area contributed by atoms with Gasteiger partial charge >= 0.3 is 6.18 Å². The first-order valence-electron chi connectivity index (χ1n) is 8.22. The number of alkyl halides is 3. The number of hydrogen-bond donors (Lipinski definition) is 2. The molecule has 3 aromatic rings. The largest absolute Gasteiger partial charge is 0.406 e. The number of pyridine rings is 1. The van der Waals surface area contributed by atoms with Gasteiger partial charge in [-0.1, -0.05) is 41.9 Å². The van der Waals surface area contributed by atoms with E-state index in [1.807, 2.05) is 0 Å². The molecule has 0 spiro atoms. The van der Waals surface area contributed by atoms with E-state index in [9.17, 15) is 23.1 Å². The third-order valence-electron chi connectivity index (χ3n) is 4.05. The van der Waals surface area contributed by atoms with E-state index in [-0.39, 0.29) is 28.7 Å². The van der Waals surface area contributed by atoms with Crippen molar-refractivity contribution in [1.82, 2.24) is 14.5 Å². The fourth-order valence-corrected chi connectivity index (χ4v) is 2.93. The smallest absolute Gasteiger partial charge is 0.385 e. The number of carbonyl (C=O) groups excluding carboxylic acids is 1. The van der Waals surface area contributed by atoms with Gasteiger partial charge < -0.3 is 5.11 Å². The van der Waals surface area contributed by atoms with Crippen molar-refractivity contribution in [3.8, 4) is 0 Å². The zero-order valence-electron chi connectivity index (χ0n) is 14.7. The van der Waals surface area contributed by atoms with Crippen molar-refractivity contribution in [1.29, 1.82) is 0 Å². The van der Waals surface area contributed by atoms with Crippen LogP contribution in [0, 0.1) is 0 Å². The summed E-state index contributed by atoms with van der Waals surface area (Å²) in [6.07, 6.45) is -4.94. The van der Waals surface area contributed by atoms with E-state index >= 15 is 0 Å². The summed E-state index contributed by atoms with van der Waals surface area (Å²) < 4.78 is 39.7. The summed E-state index contributed by atoms with van der Waals surface area (Å²) in [4.78, 5) is 20.3. The van der Waals surface area contributed by atoms with E-state index in [1.165, 1.54) is 19.1 Å². The summed E-state index contributed by atoms with van der Waals surface area (Å²) in [6, 6.07) is 11.3. The van der Waals surface area contributed by atoms with Crippen molar-refractivity contribution in [2.45, 2.75) is 31.7 Å². The SMILES string of the molecule is C[C@](O)(CC(=O)Nc1nc2ccc(Cl)nc2n1CC(F)(F)F)c1ccccc1. The first-order chi connectivity index (χ1) is 13.0. The lowest BCUT2D eigenvalue weighted by molar-refractivity contribution is -0.140. The van der Waals surface area contributed by atoms with Crippen LogP contribution in [0.1, 0.15) is 18.9 Å². The minimum Gasteiger partial charge on any atom is -0.385 e. The van der Waals surface area contributed by atoms with Gasteiger partial charge in [0, 0.05) is 0 Å². The van der Waals surface area contributed by atoms with Crippen LogP contribution < -0.4 is 5.32 Å². The van der Waals surface area contributed by atoms with Gasteiger partial charge in [0.15, 0.2) is 5.65 Å². The minimum absolute atomic E-state index is 0.000659. The molecule has 0 saturated carbocycles. The van der Waals surface area contributed by atoms with Gasteiger partial charge in [-0.15, -0.1) is 0 Å². The number of halogens is 4. The van der Waals surface area contributed by atoms with Gasteiger partial charge in [-0.2, -0.15) is 13.2 Å². The molecule has 0 unspecified atom stereocenters. The average Bonchev–Trinajstić information content (AvgIpc) is 2.90. The van der Waals surface area contributed by atoms with Crippen molar-refractivity contribution in [3.63, 3.8) is 0 Å². The van der Waals surface area contributed by atoms with Crippen LogP contribution in [0.4, 0.5) is 19.1 Å². The number of fused-ring (bicyclic) bond motifs is 1. The molecule has 10 heteroatoms. The summed E-state index contributed by atoms with van der Waals surface area (Å²) >= 11 is 5.78. The summed E-state index contributed by atoms with van der Waals surface area (Å²) in [5.41, 5.74) is -0.954. The molecule has 0 aliphatic rings. The van der Waals surface area contributed by atoms with E-state index in [0.29, 0.717) is 5.56 Å². The summed E-state index contributed by atoms with van der Waals surface area (Å²) in [6.45, 7) is 0.0451. The fraction of sp³-hybridized carbons (Fsp3) is 0.278. The maximum atomic E-state index is 13.0. The highest BCUT2D eigenvalue weighted by atomic mass is 35.5. The number of hydrogen-bond acceptors (Lipinski definition) is 4. The first kappa shape index (κ1) is 20.1. The second-order valence-corrected chi connectivity index (χ2v) is 6.87. The Hall–Kier alpha value is -2.65. The predicted octanol–water partition coefficient (Wildman–Crippen LogP) is 3.88. The zero-order valence-corrected chi connectivity index (χ0v) is 15.4. The Kier molecular flexibility index (Phi) is 5.31. The Morgan fingerprint density at radius 3 is 2.50 bits per heavy atom. The number of nitrogens with one attached hydrogen (secondary N) is 1. The molecular formula is C18H16ClF3N4O2. The van der Waals surface area contributed by atoms with Gasteiger partial charge in [0.25, 0.3) is 0 Å². The molecule has 1 aromatic carbocycles. The fourth-order valence-electron chi connectivity index (χ4n) is 2.78. The predicted molar refractivity (Wildman–Crippen MR) is 97.9 cm³/mol. The van der Waals surface area contributed by atoms with Crippen molar-refractivity contribution in [3.05, 3.63) is 53.2 Å². The van der Waals surface area contributed by atoms with Crippen LogP contribution >= 0.6 is 11.6 Å². The monoisotopic (exact) mass is 412 g/mol. The quantitative estimate of drug-likeness (QED) is 0.623. The average molecular weight is 413 g/mol. The molecule has 1 atom stereocenters. The van der Waals surface area contributed by atoms with Crippen LogP contribution in [0.15, 0.2) is 42.5 Å². The molecular weight excluding hydrogens is 397 g/mol. The van der Waals surface area contributed by atoms with Crippen molar-refractivity contribution in [2.75, 3.05) is 5.32 Å². The van der Waals surface area contributed by atoms with E-state index in [0.717, 1.165) is 4.57 Å². The number of aromatic nitrogens is 3. The van der Waals surface area contributed by atoms with Crippen molar-refractivity contribution < 1.29 is 23.1 Å². The number of nitrogens with zero attached hydrogens (tertiary/aromatic N) is 3. The molecule has 0 radical (unpaired) electrons. The summed E-state index contributed by atoms with van der Waals surface area (Å²) in [7, 11) is 0. The molecule has 1 amide bonds. The number of carbonyl (C=O) groups is 1. The van der Waals surface area contributed by atoms with E-state index < -0.39 is 24.2 Å². The molecule has 28 heavy (non-hydrogen) atoms. The van der Waals surface area contributed by atoms with Crippen LogP contribution in [0.3, 0.4) is 0 Å². The summed E-state index contributed by atoms with van der Waals surface area (Å²) in [5, 5.41) is 12.9. The zero-order chi connectivity index (χ0) is 20.5. The van der Waals surface area contributed by atoms with Gasteiger partial charge in [0.05, 0.1) is 12.0 Å². The maximum absolute atomic E-state index is 13.0. The topological polar surface area (TPSA) is 80.0 Å². The first-order valence-corrected chi connectivity index (χ1v) is 8.60. The molecule has 0 aliphatic heterocycles. The molecule has 2 N–H and O–H groups in total. The number of aliphatic hydroxyl groups is 1. The van der Waals surface area contributed by atoms with Gasteiger partial charge in [-0.25, -0.2) is 9.97 Å². The lowest BCUT2D eigenvalue weighted by Gasteiger charge is -2.23. The highest BCUT2D eigenvalue weighted by Gasteiger charge is 2.32. The minimum atomic E-state index is -4.56. The lowest BCUT2D eigenvalue weighted by atomic mass is 9.92. The Bertz CT molecular complexity index is 1000. The Labute approximate surface area is 163 Å². The lowest BCUT2D eigenvalue weighted by Crippen LogP contribution is -2.29.